The minimum atomic E-state index is 0.369. The fourth-order valence-corrected chi connectivity index (χ4v) is 1.83. The van der Waals surface area contributed by atoms with Crippen LogP contribution in [-0.2, 0) is 0 Å². The first-order chi connectivity index (χ1) is 7.90. The Morgan fingerprint density at radius 2 is 2.25 bits per heavy atom. The fraction of sp³-hybridized carbons (Fsp3) is 0.417. The molecule has 0 saturated carbocycles. The molecule has 4 nitrogen and oxygen atoms in total. The number of nitrogens with one attached hydrogen (secondary N) is 1. The van der Waals surface area contributed by atoms with E-state index in [-0.39, 0.29) is 0 Å². The van der Waals surface area contributed by atoms with Crippen LogP contribution in [0.15, 0.2) is 24.5 Å². The van der Waals surface area contributed by atoms with E-state index in [1.54, 1.807) is 6.20 Å². The number of rotatable bonds is 3. The Labute approximate surface area is 95.0 Å². The number of nitriles is 1. The minimum absolute atomic E-state index is 0.369. The molecule has 0 amide bonds. The fourth-order valence-electron chi connectivity index (χ4n) is 1.83. The van der Waals surface area contributed by atoms with E-state index in [2.05, 4.69) is 27.4 Å². The van der Waals surface area contributed by atoms with Crippen LogP contribution in [-0.4, -0.2) is 16.5 Å². The van der Waals surface area contributed by atoms with Crippen molar-refractivity contribution in [2.45, 2.75) is 19.3 Å². The van der Waals surface area contributed by atoms with Gasteiger partial charge in [-0.15, -0.1) is 0 Å². The average molecular weight is 214 g/mol. The third kappa shape index (κ3) is 2.57. The quantitative estimate of drug-likeness (QED) is 0.783. The molecule has 0 spiro atoms. The summed E-state index contributed by atoms with van der Waals surface area (Å²) in [7, 11) is 0. The Kier molecular flexibility index (Phi) is 3.50. The summed E-state index contributed by atoms with van der Waals surface area (Å²) in [6, 6.07) is 2.03. The summed E-state index contributed by atoms with van der Waals surface area (Å²) >= 11 is 0. The molecule has 1 unspecified atom stereocenters. The summed E-state index contributed by atoms with van der Waals surface area (Å²) in [5, 5.41) is 12.1. The molecule has 0 fully saturated rings. The number of allylic oxidation sites excluding steroid dienone is 2. The Hall–Kier alpha value is -1.89. The maximum Gasteiger partial charge on any atom is 0.182 e. The lowest BCUT2D eigenvalue weighted by Crippen LogP contribution is -2.16. The molecule has 1 aliphatic rings. The number of hydrogen-bond donors (Lipinski definition) is 1. The molecule has 1 heterocycles. The van der Waals surface area contributed by atoms with Crippen molar-refractivity contribution in [2.24, 2.45) is 5.92 Å². The molecule has 1 atom stereocenters. The van der Waals surface area contributed by atoms with Crippen molar-refractivity contribution in [1.29, 1.82) is 5.26 Å². The van der Waals surface area contributed by atoms with Crippen LogP contribution in [0, 0.1) is 17.2 Å². The van der Waals surface area contributed by atoms with Gasteiger partial charge in [-0.25, -0.2) is 9.97 Å². The van der Waals surface area contributed by atoms with Crippen LogP contribution in [0.1, 0.15) is 25.0 Å². The highest BCUT2D eigenvalue weighted by molar-refractivity contribution is 5.46. The molecule has 0 saturated heterocycles. The van der Waals surface area contributed by atoms with Gasteiger partial charge in [-0.3, -0.25) is 0 Å². The third-order valence-corrected chi connectivity index (χ3v) is 2.74. The molecule has 16 heavy (non-hydrogen) atoms. The van der Waals surface area contributed by atoms with Gasteiger partial charge in [0.2, 0.25) is 0 Å². The van der Waals surface area contributed by atoms with Gasteiger partial charge in [0.1, 0.15) is 6.07 Å². The van der Waals surface area contributed by atoms with E-state index in [9.17, 15) is 0 Å². The van der Waals surface area contributed by atoms with Gasteiger partial charge >= 0.3 is 0 Å². The predicted octanol–water partition coefficient (Wildman–Crippen LogP) is 2.12. The molecular formula is C12H14N4. The molecule has 0 radical (unpaired) electrons. The lowest BCUT2D eigenvalue weighted by atomic mass is 9.94. The highest BCUT2D eigenvalue weighted by Crippen LogP contribution is 2.18. The number of hydrogen-bond acceptors (Lipinski definition) is 4. The van der Waals surface area contributed by atoms with Gasteiger partial charge in [-0.1, -0.05) is 12.2 Å². The summed E-state index contributed by atoms with van der Waals surface area (Å²) in [6.07, 6.45) is 11.0. The van der Waals surface area contributed by atoms with Gasteiger partial charge < -0.3 is 5.32 Å². The van der Waals surface area contributed by atoms with Crippen LogP contribution >= 0.6 is 0 Å². The third-order valence-electron chi connectivity index (χ3n) is 2.74. The summed E-state index contributed by atoms with van der Waals surface area (Å²) in [5.74, 6) is 1.23. The number of nitrogens with zero attached hydrogens (tertiary/aromatic N) is 3. The summed E-state index contributed by atoms with van der Waals surface area (Å²) in [6.45, 7) is 0.859. The van der Waals surface area contributed by atoms with Crippen molar-refractivity contribution in [3.8, 4) is 6.07 Å². The first kappa shape index (κ1) is 10.6. The Morgan fingerprint density at radius 3 is 3.00 bits per heavy atom. The van der Waals surface area contributed by atoms with E-state index < -0.39 is 0 Å². The molecule has 0 aliphatic heterocycles. The van der Waals surface area contributed by atoms with Crippen LogP contribution in [0.25, 0.3) is 0 Å². The van der Waals surface area contributed by atoms with Gasteiger partial charge in [-0.05, 0) is 25.2 Å². The van der Waals surface area contributed by atoms with E-state index in [1.165, 1.54) is 12.6 Å². The molecular weight excluding hydrogens is 200 g/mol. The van der Waals surface area contributed by atoms with E-state index in [4.69, 9.17) is 5.26 Å². The summed E-state index contributed by atoms with van der Waals surface area (Å²) in [5.41, 5.74) is 0.369. The van der Waals surface area contributed by atoms with Gasteiger partial charge in [-0.2, -0.15) is 5.26 Å². The normalized spacial score (nSPS) is 19.1. The largest absolute Gasteiger partial charge is 0.367 e. The highest BCUT2D eigenvalue weighted by Gasteiger charge is 2.11. The smallest absolute Gasteiger partial charge is 0.182 e. The summed E-state index contributed by atoms with van der Waals surface area (Å²) in [4.78, 5) is 8.08. The van der Waals surface area contributed by atoms with Gasteiger partial charge in [0.15, 0.2) is 11.5 Å². The maximum absolute atomic E-state index is 8.85. The highest BCUT2D eigenvalue weighted by atomic mass is 15.0. The Bertz CT molecular complexity index is 419. The van der Waals surface area contributed by atoms with E-state index in [0.717, 1.165) is 19.4 Å². The molecule has 1 aromatic heterocycles. The monoisotopic (exact) mass is 214 g/mol. The van der Waals surface area contributed by atoms with E-state index >= 15 is 0 Å². The lowest BCUT2D eigenvalue weighted by molar-refractivity contribution is 0.503. The second-order valence-electron chi connectivity index (χ2n) is 3.90. The standard InChI is InChI=1S/C12H14N4/c13-8-11-12(15-7-6-14-11)16-9-10-4-2-1-3-5-10/h1-2,6-7,10H,3-5,9H2,(H,15,16). The second kappa shape index (κ2) is 5.26. The first-order valence-corrected chi connectivity index (χ1v) is 5.50. The first-order valence-electron chi connectivity index (χ1n) is 5.50. The maximum atomic E-state index is 8.85. The van der Waals surface area contributed by atoms with Gasteiger partial charge in [0.25, 0.3) is 0 Å². The molecule has 1 aliphatic carbocycles. The zero-order valence-corrected chi connectivity index (χ0v) is 9.06. The molecule has 1 N–H and O–H groups in total. The zero-order chi connectivity index (χ0) is 11.2. The van der Waals surface area contributed by atoms with E-state index in [1.807, 2.05) is 6.07 Å². The number of anilines is 1. The van der Waals surface area contributed by atoms with Crippen molar-refractivity contribution in [3.05, 3.63) is 30.2 Å². The molecule has 2 rings (SSSR count). The van der Waals surface area contributed by atoms with Crippen molar-refractivity contribution < 1.29 is 0 Å². The van der Waals surface area contributed by atoms with Crippen molar-refractivity contribution in [1.82, 2.24) is 9.97 Å². The molecule has 0 bridgehead atoms. The van der Waals surface area contributed by atoms with Crippen molar-refractivity contribution in [2.75, 3.05) is 11.9 Å². The van der Waals surface area contributed by atoms with Crippen LogP contribution in [0.3, 0.4) is 0 Å². The predicted molar refractivity (Wildman–Crippen MR) is 61.7 cm³/mol. The van der Waals surface area contributed by atoms with Gasteiger partial charge in [0.05, 0.1) is 0 Å². The second-order valence-corrected chi connectivity index (χ2v) is 3.90. The van der Waals surface area contributed by atoms with Gasteiger partial charge in [0, 0.05) is 18.9 Å². The van der Waals surface area contributed by atoms with Crippen LogP contribution < -0.4 is 5.32 Å². The molecule has 82 valence electrons. The summed E-state index contributed by atoms with van der Waals surface area (Å²) < 4.78 is 0. The van der Waals surface area contributed by atoms with Crippen molar-refractivity contribution >= 4 is 5.82 Å². The van der Waals surface area contributed by atoms with Crippen molar-refractivity contribution in [3.63, 3.8) is 0 Å². The zero-order valence-electron chi connectivity index (χ0n) is 9.06. The molecule has 4 heteroatoms. The Balaban J connectivity index is 1.94. The topological polar surface area (TPSA) is 61.6 Å². The van der Waals surface area contributed by atoms with Crippen LogP contribution in [0.5, 0.6) is 0 Å². The van der Waals surface area contributed by atoms with Crippen LogP contribution in [0.4, 0.5) is 5.82 Å². The molecule has 0 aromatic carbocycles. The molecule has 1 aromatic rings. The SMILES string of the molecule is N#Cc1nccnc1NCC1CC=CCC1. The van der Waals surface area contributed by atoms with E-state index in [0.29, 0.717) is 17.4 Å². The average Bonchev–Trinajstić information content (AvgIpc) is 2.38. The van der Waals surface area contributed by atoms with Crippen LogP contribution in [0.2, 0.25) is 0 Å². The minimum Gasteiger partial charge on any atom is -0.367 e. The Morgan fingerprint density at radius 1 is 1.38 bits per heavy atom. The lowest BCUT2D eigenvalue weighted by Gasteiger charge is -2.18. The number of aromatic nitrogens is 2.